The summed E-state index contributed by atoms with van der Waals surface area (Å²) < 4.78 is 68.5. The van der Waals surface area contributed by atoms with Crippen LogP contribution < -0.4 is 0 Å². The fraction of sp³-hybridized carbons (Fsp3) is 0.640. The number of aliphatic hydroxyl groups is 1. The standard InChI is InChI=1S/C89H146O17P2/c1-5-9-13-17-21-25-29-33-37-39-41-43-47-51-55-59-63-67-71-75-88(93)105-84(79-99-86(91)73-69-65-61-57-53-49-45-35-31-27-23-19-15-11-7-3)81-103-107(95,96)101-77-83(90)78-102-108(97,98)104-82-85(80-100-87(92)74-70-66-62-58-54-50-46-36-32-28-24-20-16-12-8-4)106-89(94)76-72-68-64-60-56-52-48-44-42-40-38-34-30-26-22-18-14-10-6-2/h9-10,13-14,21-22,25-26,33-38,41-46,51-52,55-56,63-64,67-68,83-85,90H,5-8,11-12,15-20,23-24,27-32,39-40,47-50,53-54,57-62,65-66,69-82H2,1-4H3,(H,95,96)(H,97,98)/b13-9-,14-10-,25-21-,26-22-,37-33-,38-34-,43-41-,44-42-,45-35-,46-36-,55-51-,56-52-,67-63-,68-64-/t84-,85-/m1/s1. The minimum Gasteiger partial charge on any atom is -0.462 e. The molecule has 0 bridgehead atoms. The van der Waals surface area contributed by atoms with Crippen molar-refractivity contribution in [1.82, 2.24) is 0 Å². The number of esters is 4. The van der Waals surface area contributed by atoms with E-state index in [1.54, 1.807) is 0 Å². The molecule has 0 saturated heterocycles. The Morgan fingerprint density at radius 3 is 0.778 bits per heavy atom. The number of carbonyl (C=O) groups is 4. The quantitative estimate of drug-likeness (QED) is 0.0169. The molecule has 19 heteroatoms. The van der Waals surface area contributed by atoms with E-state index in [4.69, 9.17) is 37.0 Å². The first-order valence-corrected chi connectivity index (χ1v) is 44.4. The van der Waals surface area contributed by atoms with Crippen molar-refractivity contribution in [3.05, 3.63) is 170 Å². The van der Waals surface area contributed by atoms with Gasteiger partial charge in [-0.25, -0.2) is 9.13 Å². The van der Waals surface area contributed by atoms with Crippen molar-refractivity contribution >= 4 is 39.5 Å². The maximum Gasteiger partial charge on any atom is 0.472 e. The number of carbonyl (C=O) groups excluding carboxylic acids is 4. The second kappa shape index (κ2) is 79.5. The zero-order chi connectivity index (χ0) is 78.9. The number of hydrogen-bond acceptors (Lipinski definition) is 15. The molecule has 0 aromatic heterocycles. The lowest BCUT2D eigenvalue weighted by atomic mass is 10.1. The summed E-state index contributed by atoms with van der Waals surface area (Å²) in [6, 6.07) is 0. The van der Waals surface area contributed by atoms with Crippen molar-refractivity contribution in [2.24, 2.45) is 0 Å². The molecule has 2 unspecified atom stereocenters. The average Bonchev–Trinajstić information content (AvgIpc) is 0.907. The third-order valence-electron chi connectivity index (χ3n) is 16.7. The number of phosphoric acid groups is 2. The van der Waals surface area contributed by atoms with Gasteiger partial charge in [0.2, 0.25) is 0 Å². The monoisotopic (exact) mass is 1550 g/mol. The molecule has 4 atom stereocenters. The van der Waals surface area contributed by atoms with Crippen LogP contribution in [0.3, 0.4) is 0 Å². The lowest BCUT2D eigenvalue weighted by Crippen LogP contribution is -2.30. The highest BCUT2D eigenvalue weighted by molar-refractivity contribution is 7.47. The van der Waals surface area contributed by atoms with Crippen LogP contribution in [0.4, 0.5) is 0 Å². The van der Waals surface area contributed by atoms with Crippen molar-refractivity contribution in [1.29, 1.82) is 0 Å². The normalized spacial score (nSPS) is 14.7. The van der Waals surface area contributed by atoms with Crippen LogP contribution in [0, 0.1) is 0 Å². The summed E-state index contributed by atoms with van der Waals surface area (Å²) in [6.45, 7) is 4.45. The minimum atomic E-state index is -5.01. The van der Waals surface area contributed by atoms with Crippen LogP contribution in [0.1, 0.15) is 310 Å². The summed E-state index contributed by atoms with van der Waals surface area (Å²) in [6.07, 6.45) is 95.0. The van der Waals surface area contributed by atoms with Gasteiger partial charge in [0, 0.05) is 25.7 Å². The van der Waals surface area contributed by atoms with Gasteiger partial charge >= 0.3 is 39.5 Å². The average molecular weight is 1550 g/mol. The molecule has 0 aliphatic rings. The first kappa shape index (κ1) is 102. The maximum atomic E-state index is 13.1. The van der Waals surface area contributed by atoms with Gasteiger partial charge in [0.25, 0.3) is 0 Å². The van der Waals surface area contributed by atoms with Crippen molar-refractivity contribution < 1.29 is 80.2 Å². The number of allylic oxidation sites excluding steroid dienone is 28. The maximum absolute atomic E-state index is 13.1. The molecule has 0 aliphatic carbocycles. The number of aliphatic hydroxyl groups excluding tert-OH is 1. The molecule has 0 aromatic carbocycles. The molecule has 0 saturated carbocycles. The van der Waals surface area contributed by atoms with E-state index in [-0.39, 0.29) is 25.7 Å². The van der Waals surface area contributed by atoms with Gasteiger partial charge in [-0.15, -0.1) is 0 Å². The Labute approximate surface area is 654 Å². The molecule has 0 fully saturated rings. The van der Waals surface area contributed by atoms with E-state index >= 15 is 0 Å². The van der Waals surface area contributed by atoms with Gasteiger partial charge in [-0.05, 0) is 154 Å². The van der Waals surface area contributed by atoms with Crippen molar-refractivity contribution in [3.63, 3.8) is 0 Å². The second-order valence-electron chi connectivity index (χ2n) is 26.9. The molecule has 614 valence electrons. The smallest absolute Gasteiger partial charge is 0.462 e. The summed E-state index contributed by atoms with van der Waals surface area (Å²) in [5, 5.41) is 10.7. The summed E-state index contributed by atoms with van der Waals surface area (Å²) in [4.78, 5) is 73.1. The predicted octanol–water partition coefficient (Wildman–Crippen LogP) is 24.6. The van der Waals surface area contributed by atoms with Gasteiger partial charge in [0.15, 0.2) is 12.2 Å². The third kappa shape index (κ3) is 78.5. The first-order chi connectivity index (χ1) is 52.7. The summed E-state index contributed by atoms with van der Waals surface area (Å²) in [5.41, 5.74) is 0. The van der Waals surface area contributed by atoms with Crippen molar-refractivity contribution in [3.8, 4) is 0 Å². The molecule has 0 radical (unpaired) electrons. The van der Waals surface area contributed by atoms with Gasteiger partial charge in [-0.2, -0.15) is 0 Å². The molecule has 3 N–H and O–H groups in total. The number of rotatable bonds is 76. The molecule has 0 amide bonds. The summed E-state index contributed by atoms with van der Waals surface area (Å²) in [7, 11) is -10.0. The van der Waals surface area contributed by atoms with Crippen LogP contribution in [-0.2, 0) is 65.4 Å². The van der Waals surface area contributed by atoms with E-state index in [9.17, 15) is 43.2 Å². The Morgan fingerprint density at radius 2 is 0.500 bits per heavy atom. The van der Waals surface area contributed by atoms with Crippen molar-refractivity contribution in [2.75, 3.05) is 39.6 Å². The molecule has 0 spiro atoms. The number of hydrogen-bond donors (Lipinski definition) is 3. The highest BCUT2D eigenvalue weighted by Gasteiger charge is 2.30. The minimum absolute atomic E-state index is 0.0390. The lowest BCUT2D eigenvalue weighted by Gasteiger charge is -2.21. The van der Waals surface area contributed by atoms with E-state index in [1.807, 2.05) is 36.5 Å². The largest absolute Gasteiger partial charge is 0.472 e. The lowest BCUT2D eigenvalue weighted by molar-refractivity contribution is -0.161. The van der Waals surface area contributed by atoms with E-state index in [0.29, 0.717) is 38.5 Å². The van der Waals surface area contributed by atoms with Gasteiger partial charge < -0.3 is 33.8 Å². The number of unbranched alkanes of at least 4 members (excludes halogenated alkanes) is 22. The predicted molar refractivity (Wildman–Crippen MR) is 445 cm³/mol. The van der Waals surface area contributed by atoms with Crippen molar-refractivity contribution in [2.45, 2.75) is 329 Å². The molecule has 0 rings (SSSR count). The van der Waals surface area contributed by atoms with E-state index in [1.165, 1.54) is 77.0 Å². The van der Waals surface area contributed by atoms with E-state index < -0.39 is 97.5 Å². The van der Waals surface area contributed by atoms with Crippen LogP contribution in [0.5, 0.6) is 0 Å². The zero-order valence-corrected chi connectivity index (χ0v) is 69.0. The van der Waals surface area contributed by atoms with Gasteiger partial charge in [-0.3, -0.25) is 37.3 Å². The molecule has 17 nitrogen and oxygen atoms in total. The number of ether oxygens (including phenoxy) is 4. The van der Waals surface area contributed by atoms with Crippen LogP contribution in [0.15, 0.2) is 170 Å². The number of phosphoric ester groups is 2. The fourth-order valence-electron chi connectivity index (χ4n) is 10.4. The highest BCUT2D eigenvalue weighted by Crippen LogP contribution is 2.45. The zero-order valence-electron chi connectivity index (χ0n) is 67.2. The first-order valence-electron chi connectivity index (χ1n) is 41.4. The molecular weight excluding hydrogens is 1400 g/mol. The fourth-order valence-corrected chi connectivity index (χ4v) is 12.0. The Bertz CT molecular complexity index is 2530. The van der Waals surface area contributed by atoms with Crippen LogP contribution in [-0.4, -0.2) is 96.7 Å². The van der Waals surface area contributed by atoms with E-state index in [2.05, 4.69) is 161 Å². The molecular formula is C89H146O17P2. The van der Waals surface area contributed by atoms with E-state index in [0.717, 1.165) is 141 Å². The summed E-state index contributed by atoms with van der Waals surface area (Å²) in [5.74, 6) is -2.40. The molecule has 0 aromatic rings. The second-order valence-corrected chi connectivity index (χ2v) is 29.8. The van der Waals surface area contributed by atoms with Crippen LogP contribution in [0.25, 0.3) is 0 Å². The Balaban J connectivity index is 5.54. The van der Waals surface area contributed by atoms with Gasteiger partial charge in [0.05, 0.1) is 26.4 Å². The SMILES string of the molecule is CC/C=C\C/C=C\C/C=C\C/C=C\C/C=C\C/C=C\CCC(=O)O[C@H](COC(=O)CCCCCCC/C=C\CCCCCCCC)COP(=O)(O)OCC(O)COP(=O)(O)OC[C@@H](COC(=O)CCCCCCC/C=C\CCCCCCCC)OC(=O)CC/C=C\C/C=C\C/C=C\C/C=C\C/C=C\C/C=C\CC. The van der Waals surface area contributed by atoms with Gasteiger partial charge in [-0.1, -0.05) is 301 Å². The Kier molecular flexibility index (Phi) is 75.4. The molecule has 108 heavy (non-hydrogen) atoms. The summed E-state index contributed by atoms with van der Waals surface area (Å²) >= 11 is 0. The highest BCUT2D eigenvalue weighted by atomic mass is 31.2. The Hall–Kier alpha value is -5.58. The third-order valence-corrected chi connectivity index (χ3v) is 18.6. The van der Waals surface area contributed by atoms with Gasteiger partial charge in [0.1, 0.15) is 19.3 Å². The topological polar surface area (TPSA) is 237 Å². The van der Waals surface area contributed by atoms with Crippen LogP contribution in [0.2, 0.25) is 0 Å². The Morgan fingerprint density at radius 1 is 0.269 bits per heavy atom. The van der Waals surface area contributed by atoms with Crippen LogP contribution >= 0.6 is 15.6 Å². The molecule has 0 heterocycles. The molecule has 0 aliphatic heterocycles.